The number of rotatable bonds is 9. The van der Waals surface area contributed by atoms with Gasteiger partial charge in [-0.25, -0.2) is 8.78 Å². The number of nitrogens with two attached hydrogens (primary N) is 1. The summed E-state index contributed by atoms with van der Waals surface area (Å²) in [4.78, 5) is 23.2. The number of amides is 2. The Bertz CT molecular complexity index is 501. The summed E-state index contributed by atoms with van der Waals surface area (Å²) >= 11 is 0. The first-order valence-corrected chi connectivity index (χ1v) is 7.46. The molecule has 0 aliphatic heterocycles. The normalized spacial score (nSPS) is 12.0. The second-order valence-corrected chi connectivity index (χ2v) is 5.33. The fourth-order valence-corrected chi connectivity index (χ4v) is 2.20. The van der Waals surface area contributed by atoms with Crippen molar-refractivity contribution in [3.8, 4) is 0 Å². The zero-order valence-electron chi connectivity index (χ0n) is 12.7. The van der Waals surface area contributed by atoms with Crippen molar-refractivity contribution in [2.75, 3.05) is 0 Å². The molecule has 122 valence electrons. The molecule has 6 heteroatoms. The largest absolute Gasteiger partial charge is 0.368 e. The van der Waals surface area contributed by atoms with Crippen LogP contribution in [0, 0.1) is 11.6 Å². The molecule has 0 aromatic heterocycles. The molecule has 0 aliphatic rings. The van der Waals surface area contributed by atoms with Crippen molar-refractivity contribution in [3.05, 3.63) is 35.4 Å². The summed E-state index contributed by atoms with van der Waals surface area (Å²) in [5, 5.41) is 2.52. The van der Waals surface area contributed by atoms with Gasteiger partial charge in [-0.05, 0) is 24.1 Å². The van der Waals surface area contributed by atoms with E-state index in [1.54, 1.807) is 0 Å². The average Bonchev–Trinajstić information content (AvgIpc) is 2.40. The maximum Gasteiger partial charge on any atom is 0.239 e. The molecule has 3 N–H and O–H groups in total. The van der Waals surface area contributed by atoms with Gasteiger partial charge in [0.1, 0.15) is 17.7 Å². The van der Waals surface area contributed by atoms with Gasteiger partial charge in [0, 0.05) is 6.07 Å². The fraction of sp³-hybridized carbons (Fsp3) is 0.500. The molecule has 1 aromatic carbocycles. The molecule has 1 rings (SSSR count). The fourth-order valence-electron chi connectivity index (χ4n) is 2.20. The lowest BCUT2D eigenvalue weighted by molar-refractivity contribution is -0.127. The Morgan fingerprint density at radius 1 is 1.14 bits per heavy atom. The minimum atomic E-state index is -0.747. The molecule has 1 atom stereocenters. The van der Waals surface area contributed by atoms with Crippen molar-refractivity contribution in [1.29, 1.82) is 0 Å². The standard InChI is InChI=1S/C16H22F2N2O2/c1-2-3-4-5-6-14(16(19)22)20-15(21)9-11-7-12(17)10-13(18)8-11/h7-8,10,14H,2-6,9H2,1H3,(H2,19,22)(H,20,21)/t14-/m1/s1. The molecule has 0 saturated heterocycles. The minimum absolute atomic E-state index is 0.201. The van der Waals surface area contributed by atoms with Gasteiger partial charge in [-0.15, -0.1) is 0 Å². The number of halogens is 2. The van der Waals surface area contributed by atoms with Gasteiger partial charge in [0.05, 0.1) is 6.42 Å². The van der Waals surface area contributed by atoms with E-state index in [4.69, 9.17) is 5.73 Å². The lowest BCUT2D eigenvalue weighted by Gasteiger charge is -2.15. The average molecular weight is 312 g/mol. The minimum Gasteiger partial charge on any atom is -0.368 e. The van der Waals surface area contributed by atoms with Gasteiger partial charge in [-0.3, -0.25) is 9.59 Å². The highest BCUT2D eigenvalue weighted by molar-refractivity contribution is 5.87. The molecular weight excluding hydrogens is 290 g/mol. The summed E-state index contributed by atoms with van der Waals surface area (Å²) in [6, 6.07) is 2.16. The molecule has 0 fully saturated rings. The molecule has 0 aliphatic carbocycles. The lowest BCUT2D eigenvalue weighted by atomic mass is 10.1. The molecule has 0 spiro atoms. The third-order valence-corrected chi connectivity index (χ3v) is 3.31. The van der Waals surface area contributed by atoms with Crippen LogP contribution in [0.3, 0.4) is 0 Å². The summed E-state index contributed by atoms with van der Waals surface area (Å²) in [5.74, 6) is -2.57. The van der Waals surface area contributed by atoms with E-state index in [-0.39, 0.29) is 12.0 Å². The van der Waals surface area contributed by atoms with Gasteiger partial charge in [-0.2, -0.15) is 0 Å². The summed E-state index contributed by atoms with van der Waals surface area (Å²) in [7, 11) is 0. The molecule has 1 aromatic rings. The second-order valence-electron chi connectivity index (χ2n) is 5.33. The van der Waals surface area contributed by atoms with Crippen molar-refractivity contribution in [1.82, 2.24) is 5.32 Å². The SMILES string of the molecule is CCCCCC[C@@H](NC(=O)Cc1cc(F)cc(F)c1)C(N)=O. The Balaban J connectivity index is 2.54. The van der Waals surface area contributed by atoms with E-state index in [1.807, 2.05) is 0 Å². The first-order chi connectivity index (χ1) is 10.4. The highest BCUT2D eigenvalue weighted by Crippen LogP contribution is 2.09. The lowest BCUT2D eigenvalue weighted by Crippen LogP contribution is -2.45. The number of unbranched alkanes of at least 4 members (excludes halogenated alkanes) is 3. The number of hydrogen-bond donors (Lipinski definition) is 2. The van der Waals surface area contributed by atoms with Crippen LogP contribution in [-0.2, 0) is 16.0 Å². The van der Waals surface area contributed by atoms with Crippen LogP contribution in [0.4, 0.5) is 8.78 Å². The Morgan fingerprint density at radius 2 is 1.77 bits per heavy atom. The van der Waals surface area contributed by atoms with Gasteiger partial charge in [-0.1, -0.05) is 32.6 Å². The number of carbonyl (C=O) groups is 2. The van der Waals surface area contributed by atoms with Crippen LogP contribution in [0.5, 0.6) is 0 Å². The van der Waals surface area contributed by atoms with E-state index >= 15 is 0 Å². The van der Waals surface area contributed by atoms with Crippen molar-refractivity contribution in [2.45, 2.75) is 51.5 Å². The Morgan fingerprint density at radius 3 is 2.32 bits per heavy atom. The van der Waals surface area contributed by atoms with Gasteiger partial charge in [0.25, 0.3) is 0 Å². The summed E-state index contributed by atoms with van der Waals surface area (Å²) < 4.78 is 26.1. The highest BCUT2D eigenvalue weighted by Gasteiger charge is 2.18. The Hall–Kier alpha value is -1.98. The van der Waals surface area contributed by atoms with Crippen molar-refractivity contribution in [3.63, 3.8) is 0 Å². The number of carbonyl (C=O) groups excluding carboxylic acids is 2. The topological polar surface area (TPSA) is 72.2 Å². The van der Waals surface area contributed by atoms with Crippen molar-refractivity contribution in [2.24, 2.45) is 5.73 Å². The van der Waals surface area contributed by atoms with E-state index in [0.29, 0.717) is 6.42 Å². The monoisotopic (exact) mass is 312 g/mol. The summed E-state index contributed by atoms with van der Waals surface area (Å²) in [6.45, 7) is 2.07. The maximum atomic E-state index is 13.1. The molecule has 22 heavy (non-hydrogen) atoms. The van der Waals surface area contributed by atoms with Crippen LogP contribution in [0.2, 0.25) is 0 Å². The van der Waals surface area contributed by atoms with E-state index in [0.717, 1.165) is 43.9 Å². The van der Waals surface area contributed by atoms with Crippen LogP contribution in [0.1, 0.15) is 44.6 Å². The van der Waals surface area contributed by atoms with E-state index < -0.39 is 29.5 Å². The number of nitrogens with one attached hydrogen (secondary N) is 1. The van der Waals surface area contributed by atoms with Gasteiger partial charge < -0.3 is 11.1 Å². The molecule has 0 heterocycles. The Labute approximate surface area is 129 Å². The zero-order chi connectivity index (χ0) is 16.5. The highest BCUT2D eigenvalue weighted by atomic mass is 19.1. The van der Waals surface area contributed by atoms with Crippen LogP contribution < -0.4 is 11.1 Å². The van der Waals surface area contributed by atoms with Crippen LogP contribution in [0.15, 0.2) is 18.2 Å². The quantitative estimate of drug-likeness (QED) is 0.687. The first kappa shape index (κ1) is 18.1. The number of primary amides is 1. The van der Waals surface area contributed by atoms with Crippen molar-refractivity contribution >= 4 is 11.8 Å². The molecule has 2 amide bonds. The Kier molecular flexibility index (Phi) is 7.49. The molecular formula is C16H22F2N2O2. The van der Waals surface area contributed by atoms with Gasteiger partial charge >= 0.3 is 0 Å². The number of hydrogen-bond acceptors (Lipinski definition) is 2. The van der Waals surface area contributed by atoms with E-state index in [1.165, 1.54) is 0 Å². The summed E-state index contributed by atoms with van der Waals surface area (Å²) in [6.07, 6.45) is 4.15. The van der Waals surface area contributed by atoms with Crippen molar-refractivity contribution < 1.29 is 18.4 Å². The molecule has 0 unspecified atom stereocenters. The zero-order valence-corrected chi connectivity index (χ0v) is 12.7. The maximum absolute atomic E-state index is 13.1. The van der Waals surface area contributed by atoms with Crippen LogP contribution >= 0.6 is 0 Å². The predicted octanol–water partition coefficient (Wildman–Crippen LogP) is 2.45. The van der Waals surface area contributed by atoms with Gasteiger partial charge in [0.15, 0.2) is 0 Å². The van der Waals surface area contributed by atoms with Crippen LogP contribution in [0.25, 0.3) is 0 Å². The molecule has 4 nitrogen and oxygen atoms in total. The number of benzene rings is 1. The van der Waals surface area contributed by atoms with Crippen LogP contribution in [-0.4, -0.2) is 17.9 Å². The third-order valence-electron chi connectivity index (χ3n) is 3.31. The first-order valence-electron chi connectivity index (χ1n) is 7.46. The van der Waals surface area contributed by atoms with Gasteiger partial charge in [0.2, 0.25) is 11.8 Å². The second kappa shape index (κ2) is 9.12. The van der Waals surface area contributed by atoms with E-state index in [2.05, 4.69) is 12.2 Å². The smallest absolute Gasteiger partial charge is 0.239 e. The molecule has 0 saturated carbocycles. The molecule has 0 bridgehead atoms. The van der Waals surface area contributed by atoms with E-state index in [9.17, 15) is 18.4 Å². The molecule has 0 radical (unpaired) electrons. The predicted molar refractivity (Wildman–Crippen MR) is 79.9 cm³/mol. The third kappa shape index (κ3) is 6.65. The summed E-state index contributed by atoms with van der Waals surface area (Å²) in [5.41, 5.74) is 5.48.